The summed E-state index contributed by atoms with van der Waals surface area (Å²) in [6.07, 6.45) is 21.3. The number of nitro benzene ring substituents is 1. The van der Waals surface area contributed by atoms with Crippen LogP contribution < -0.4 is 5.73 Å². The van der Waals surface area contributed by atoms with Crippen LogP contribution in [0.4, 0.5) is 5.69 Å². The summed E-state index contributed by atoms with van der Waals surface area (Å²) in [5.74, 6) is 0. The predicted molar refractivity (Wildman–Crippen MR) is 172 cm³/mol. The summed E-state index contributed by atoms with van der Waals surface area (Å²) in [6, 6.07) is 13.7. The second-order valence-corrected chi connectivity index (χ2v) is 13.1. The van der Waals surface area contributed by atoms with Gasteiger partial charge in [0.1, 0.15) is 0 Å². The van der Waals surface area contributed by atoms with E-state index < -0.39 is 14.9 Å². The molecule has 7 nitrogen and oxygen atoms in total. The molecule has 2 rings (SSSR count). The summed E-state index contributed by atoms with van der Waals surface area (Å²) < 4.78 is 26.4. The first-order valence-corrected chi connectivity index (χ1v) is 17.1. The molecule has 0 aliphatic carbocycles. The van der Waals surface area contributed by atoms with Crippen molar-refractivity contribution < 1.29 is 13.3 Å². The molecule has 0 saturated heterocycles. The lowest BCUT2D eigenvalue weighted by molar-refractivity contribution is -0.385. The molecule has 0 aromatic heterocycles. The van der Waals surface area contributed by atoms with Crippen molar-refractivity contribution in [1.82, 2.24) is 4.31 Å². The highest BCUT2D eigenvalue weighted by Gasteiger charge is 2.19. The zero-order valence-electron chi connectivity index (χ0n) is 25.9. The number of hydrogen-bond acceptors (Lipinski definition) is 5. The number of unbranched alkanes of at least 4 members (excludes halogenated alkanes) is 15. The first-order valence-electron chi connectivity index (χ1n) is 15.7. The molecule has 0 heterocycles. The van der Waals surface area contributed by atoms with E-state index in [2.05, 4.69) is 6.92 Å². The van der Waals surface area contributed by atoms with Crippen LogP contribution in [0.15, 0.2) is 53.4 Å². The van der Waals surface area contributed by atoms with E-state index in [1.165, 1.54) is 100 Å². The van der Waals surface area contributed by atoms with E-state index in [-0.39, 0.29) is 5.69 Å². The van der Waals surface area contributed by atoms with Crippen LogP contribution in [0.1, 0.15) is 121 Å². The van der Waals surface area contributed by atoms with Crippen LogP contribution in [0.2, 0.25) is 0 Å². The Morgan fingerprint density at radius 1 is 0.756 bits per heavy atom. The molecule has 0 radical (unpaired) electrons. The van der Waals surface area contributed by atoms with Crippen molar-refractivity contribution in [3.8, 4) is 0 Å². The minimum atomic E-state index is -3.33. The molecule has 8 heteroatoms. The quantitative estimate of drug-likeness (QED) is 0.0888. The van der Waals surface area contributed by atoms with Gasteiger partial charge in [0.2, 0.25) is 10.0 Å². The highest BCUT2D eigenvalue weighted by atomic mass is 32.2. The molecule has 232 valence electrons. The predicted octanol–water partition coefficient (Wildman–Crippen LogP) is 8.93. The molecule has 0 fully saturated rings. The van der Waals surface area contributed by atoms with Gasteiger partial charge in [-0.25, -0.2) is 12.7 Å². The van der Waals surface area contributed by atoms with Gasteiger partial charge in [-0.15, -0.1) is 0 Å². The molecule has 2 aromatic rings. The van der Waals surface area contributed by atoms with E-state index in [0.717, 1.165) is 18.4 Å². The van der Waals surface area contributed by atoms with Gasteiger partial charge in [0, 0.05) is 31.8 Å². The van der Waals surface area contributed by atoms with Crippen LogP contribution in [-0.4, -0.2) is 31.2 Å². The van der Waals surface area contributed by atoms with E-state index in [1.54, 1.807) is 50.4 Å². The Hall–Kier alpha value is -2.29. The van der Waals surface area contributed by atoms with Crippen LogP contribution in [-0.2, 0) is 16.6 Å². The lowest BCUT2D eigenvalue weighted by atomic mass is 10.0. The maximum absolute atomic E-state index is 12.4. The summed E-state index contributed by atoms with van der Waals surface area (Å²) in [5, 5.41) is 10.5. The fraction of sp³-hybridized carbons (Fsp3) is 0.636. The van der Waals surface area contributed by atoms with Crippen molar-refractivity contribution >= 4 is 15.7 Å². The van der Waals surface area contributed by atoms with E-state index in [1.807, 2.05) is 6.07 Å². The van der Waals surface area contributed by atoms with Crippen molar-refractivity contribution in [2.24, 2.45) is 5.73 Å². The Labute approximate surface area is 250 Å². The van der Waals surface area contributed by atoms with Gasteiger partial charge in [-0.05, 0) is 31.0 Å². The summed E-state index contributed by atoms with van der Waals surface area (Å²) in [6.45, 7) is 4.92. The Balaban J connectivity index is 0.000000580. The molecular formula is C33H55N3O4S. The average molecular weight is 590 g/mol. The van der Waals surface area contributed by atoms with Gasteiger partial charge in [-0.1, -0.05) is 134 Å². The van der Waals surface area contributed by atoms with E-state index >= 15 is 0 Å². The Morgan fingerprint density at radius 3 is 1.66 bits per heavy atom. The van der Waals surface area contributed by atoms with Crippen molar-refractivity contribution in [3.05, 3.63) is 69.8 Å². The van der Waals surface area contributed by atoms with Gasteiger partial charge in [0.05, 0.1) is 9.82 Å². The molecule has 2 N–H and O–H groups in total. The number of aryl methyl sites for hydroxylation is 1. The smallest absolute Gasteiger partial charge is 0.272 e. The minimum absolute atomic E-state index is 0.137. The van der Waals surface area contributed by atoms with Gasteiger partial charge in [-0.3, -0.25) is 10.1 Å². The third-order valence-corrected chi connectivity index (χ3v) is 9.35. The average Bonchev–Trinajstić information content (AvgIpc) is 2.97. The SMILES string of the molecule is CCCCCCCCCCCCCCCCCCN(C)S(=O)(=O)c1ccccc1.Cc1ccc(CN)cc1[N+](=O)[O-]. The maximum atomic E-state index is 12.4. The van der Waals surface area contributed by atoms with E-state index in [0.29, 0.717) is 23.5 Å². The van der Waals surface area contributed by atoms with Gasteiger partial charge in [0.25, 0.3) is 5.69 Å². The third-order valence-electron chi connectivity index (χ3n) is 7.48. The molecule has 0 spiro atoms. The first-order chi connectivity index (χ1) is 19.7. The van der Waals surface area contributed by atoms with Crippen LogP contribution in [0.5, 0.6) is 0 Å². The fourth-order valence-corrected chi connectivity index (χ4v) is 5.98. The Kier molecular flexibility index (Phi) is 20.0. The Morgan fingerprint density at radius 2 is 1.22 bits per heavy atom. The first kappa shape index (κ1) is 36.7. The summed E-state index contributed by atoms with van der Waals surface area (Å²) >= 11 is 0. The Bertz CT molecular complexity index is 1060. The monoisotopic (exact) mass is 589 g/mol. The highest BCUT2D eigenvalue weighted by molar-refractivity contribution is 7.89. The second kappa shape index (κ2) is 22.3. The lowest BCUT2D eigenvalue weighted by Crippen LogP contribution is -2.27. The molecule has 41 heavy (non-hydrogen) atoms. The van der Waals surface area contributed by atoms with Crippen LogP contribution in [0.25, 0.3) is 0 Å². The molecule has 0 aliphatic heterocycles. The zero-order chi connectivity index (χ0) is 30.3. The molecule has 0 saturated carbocycles. The van der Waals surface area contributed by atoms with Crippen LogP contribution >= 0.6 is 0 Å². The molecule has 2 aromatic carbocycles. The molecule has 0 aliphatic rings. The van der Waals surface area contributed by atoms with Gasteiger partial charge < -0.3 is 5.73 Å². The largest absolute Gasteiger partial charge is 0.326 e. The number of rotatable bonds is 21. The number of nitro groups is 1. The van der Waals surface area contributed by atoms with Gasteiger partial charge >= 0.3 is 0 Å². The number of nitrogens with two attached hydrogens (primary N) is 1. The molecular weight excluding hydrogens is 534 g/mol. The topological polar surface area (TPSA) is 107 Å². The van der Waals surface area contributed by atoms with Gasteiger partial charge in [0.15, 0.2) is 0 Å². The van der Waals surface area contributed by atoms with Crippen molar-refractivity contribution in [2.45, 2.75) is 128 Å². The summed E-state index contributed by atoms with van der Waals surface area (Å²) in [7, 11) is -1.64. The number of benzene rings is 2. The number of nitrogens with zero attached hydrogens (tertiary/aromatic N) is 2. The number of hydrogen-bond donors (Lipinski definition) is 1. The zero-order valence-corrected chi connectivity index (χ0v) is 26.7. The molecule has 0 amide bonds. The van der Waals surface area contributed by atoms with Crippen molar-refractivity contribution in [1.29, 1.82) is 0 Å². The molecule has 0 atom stereocenters. The van der Waals surface area contributed by atoms with Crippen LogP contribution in [0, 0.1) is 17.0 Å². The lowest BCUT2D eigenvalue weighted by Gasteiger charge is -2.17. The standard InChI is InChI=1S/C25H45NO2S.C8H10N2O2/c1-3-4-5-6-7-8-9-10-11-12-13-14-15-16-17-21-24-26(2)29(27,28)25-22-19-18-20-23-25;1-6-2-3-7(5-9)4-8(6)10(11)12/h18-20,22-23H,3-17,21,24H2,1-2H3;2-4H,5,9H2,1H3. The fourth-order valence-electron chi connectivity index (χ4n) is 4.75. The summed E-state index contributed by atoms with van der Waals surface area (Å²) in [4.78, 5) is 10.4. The van der Waals surface area contributed by atoms with E-state index in [9.17, 15) is 18.5 Å². The highest BCUT2D eigenvalue weighted by Crippen LogP contribution is 2.19. The minimum Gasteiger partial charge on any atom is -0.326 e. The second-order valence-electron chi connectivity index (χ2n) is 11.0. The van der Waals surface area contributed by atoms with Crippen LogP contribution in [0.3, 0.4) is 0 Å². The van der Waals surface area contributed by atoms with Crippen molar-refractivity contribution in [2.75, 3.05) is 13.6 Å². The van der Waals surface area contributed by atoms with Crippen molar-refractivity contribution in [3.63, 3.8) is 0 Å². The molecule has 0 unspecified atom stereocenters. The third kappa shape index (κ3) is 16.1. The maximum Gasteiger partial charge on any atom is 0.272 e. The van der Waals surface area contributed by atoms with Gasteiger partial charge in [-0.2, -0.15) is 0 Å². The normalized spacial score (nSPS) is 11.3. The summed E-state index contributed by atoms with van der Waals surface area (Å²) in [5.41, 5.74) is 6.93. The van der Waals surface area contributed by atoms with E-state index in [4.69, 9.17) is 5.73 Å². The molecule has 0 bridgehead atoms. The number of sulfonamides is 1.